The Morgan fingerprint density at radius 3 is 2.58 bits per heavy atom. The summed E-state index contributed by atoms with van der Waals surface area (Å²) in [4.78, 5) is 26.8. The predicted molar refractivity (Wildman–Crippen MR) is 125 cm³/mol. The normalized spacial score (nSPS) is 15.1. The Morgan fingerprint density at radius 2 is 1.81 bits per heavy atom. The maximum Gasteiger partial charge on any atom is 0.298 e. The van der Waals surface area contributed by atoms with Gasteiger partial charge >= 0.3 is 0 Å². The molecule has 0 N–H and O–H groups in total. The molecule has 0 saturated carbocycles. The lowest BCUT2D eigenvalue weighted by molar-refractivity contribution is -0.113. The number of ether oxygens (including phenoxy) is 1. The van der Waals surface area contributed by atoms with Crippen LogP contribution in [-0.2, 0) is 11.4 Å². The van der Waals surface area contributed by atoms with Gasteiger partial charge < -0.3 is 4.74 Å². The lowest BCUT2D eigenvalue weighted by atomic mass is 10.1. The Bertz CT molecular complexity index is 1220. The van der Waals surface area contributed by atoms with Crippen molar-refractivity contribution >= 4 is 62.2 Å². The van der Waals surface area contributed by atoms with Crippen LogP contribution in [0.15, 0.2) is 76.1 Å². The summed E-state index contributed by atoms with van der Waals surface area (Å²) in [7, 11) is 0. The van der Waals surface area contributed by atoms with Crippen molar-refractivity contribution in [1.82, 2.24) is 0 Å². The van der Waals surface area contributed by atoms with E-state index in [0.717, 1.165) is 21.1 Å². The van der Waals surface area contributed by atoms with E-state index in [2.05, 4.69) is 15.9 Å². The highest BCUT2D eigenvalue weighted by Gasteiger charge is 2.37. The first-order valence-corrected chi connectivity index (χ1v) is 11.1. The predicted octanol–water partition coefficient (Wildman–Crippen LogP) is 7.06. The van der Waals surface area contributed by atoms with E-state index < -0.39 is 11.1 Å². The van der Waals surface area contributed by atoms with Crippen molar-refractivity contribution in [3.8, 4) is 5.75 Å². The Morgan fingerprint density at radius 1 is 1.06 bits per heavy atom. The maximum atomic E-state index is 13.9. The van der Waals surface area contributed by atoms with Crippen molar-refractivity contribution in [3.63, 3.8) is 0 Å². The summed E-state index contributed by atoms with van der Waals surface area (Å²) in [5.74, 6) is -0.374. The molecule has 1 aliphatic heterocycles. The molecule has 0 aliphatic carbocycles. The zero-order valence-corrected chi connectivity index (χ0v) is 19.0. The molecule has 156 valence electrons. The quantitative estimate of drug-likeness (QED) is 0.339. The van der Waals surface area contributed by atoms with Crippen molar-refractivity contribution < 1.29 is 18.7 Å². The van der Waals surface area contributed by atoms with Gasteiger partial charge in [0.15, 0.2) is 0 Å². The standard InChI is InChI=1S/C23H14BrClFNO3S/c24-16-9-10-20(30-13-14-5-1-3-7-18(14)26)15(11-16)12-21-22(28)27(23(29)31-21)19-8-4-2-6-17(19)25/h1-12H,13H2/b21-12-. The summed E-state index contributed by atoms with van der Waals surface area (Å²) < 4.78 is 20.5. The molecule has 0 radical (unpaired) electrons. The summed E-state index contributed by atoms with van der Waals surface area (Å²) in [5.41, 5.74) is 1.33. The average molecular weight is 519 g/mol. The van der Waals surface area contributed by atoms with Crippen LogP contribution in [0.3, 0.4) is 0 Å². The number of para-hydroxylation sites is 1. The van der Waals surface area contributed by atoms with E-state index in [1.165, 1.54) is 6.07 Å². The summed E-state index contributed by atoms with van der Waals surface area (Å²) in [6.07, 6.45) is 1.59. The Labute approximate surface area is 195 Å². The molecule has 4 rings (SSSR count). The summed E-state index contributed by atoms with van der Waals surface area (Å²) in [6, 6.07) is 18.3. The molecule has 4 nitrogen and oxygen atoms in total. The first-order chi connectivity index (χ1) is 14.9. The number of benzene rings is 3. The summed E-state index contributed by atoms with van der Waals surface area (Å²) in [5, 5.41) is -0.129. The molecule has 0 spiro atoms. The number of nitrogens with zero attached hydrogens (tertiary/aromatic N) is 1. The van der Waals surface area contributed by atoms with Gasteiger partial charge in [-0.3, -0.25) is 9.59 Å². The number of hydrogen-bond acceptors (Lipinski definition) is 4. The molecule has 8 heteroatoms. The van der Waals surface area contributed by atoms with Gasteiger partial charge in [0.25, 0.3) is 11.1 Å². The van der Waals surface area contributed by atoms with Crippen molar-refractivity contribution in [2.75, 3.05) is 4.90 Å². The molecular weight excluding hydrogens is 505 g/mol. The lowest BCUT2D eigenvalue weighted by Crippen LogP contribution is -2.27. The Hall–Kier alpha value is -2.61. The van der Waals surface area contributed by atoms with Crippen LogP contribution in [0.2, 0.25) is 5.02 Å². The van der Waals surface area contributed by atoms with E-state index in [1.807, 2.05) is 0 Å². The van der Waals surface area contributed by atoms with E-state index in [-0.39, 0.29) is 17.3 Å². The highest BCUT2D eigenvalue weighted by molar-refractivity contribution is 9.10. The van der Waals surface area contributed by atoms with Crippen LogP contribution in [0.25, 0.3) is 6.08 Å². The number of thioether (sulfide) groups is 1. The molecule has 3 aromatic rings. The van der Waals surface area contributed by atoms with Gasteiger partial charge in [0, 0.05) is 15.6 Å². The molecule has 0 bridgehead atoms. The minimum absolute atomic E-state index is 0.0241. The monoisotopic (exact) mass is 517 g/mol. The zero-order valence-electron chi connectivity index (χ0n) is 15.8. The fraction of sp³-hybridized carbons (Fsp3) is 0.0435. The zero-order chi connectivity index (χ0) is 22.0. The fourth-order valence-electron chi connectivity index (χ4n) is 2.98. The van der Waals surface area contributed by atoms with Gasteiger partial charge in [0.05, 0.1) is 15.6 Å². The molecule has 0 aromatic heterocycles. The van der Waals surface area contributed by atoms with Crippen molar-refractivity contribution in [3.05, 3.63) is 98.1 Å². The smallest absolute Gasteiger partial charge is 0.298 e. The van der Waals surface area contributed by atoms with Crippen molar-refractivity contribution in [1.29, 1.82) is 0 Å². The second-order valence-electron chi connectivity index (χ2n) is 6.53. The molecule has 1 aliphatic rings. The highest BCUT2D eigenvalue weighted by atomic mass is 79.9. The topological polar surface area (TPSA) is 46.6 Å². The van der Waals surface area contributed by atoms with E-state index in [9.17, 15) is 14.0 Å². The first kappa shape index (κ1) is 21.6. The lowest BCUT2D eigenvalue weighted by Gasteiger charge is -2.14. The molecule has 1 heterocycles. The van der Waals surface area contributed by atoms with Gasteiger partial charge in [-0.25, -0.2) is 9.29 Å². The number of rotatable bonds is 5. The van der Waals surface area contributed by atoms with Crippen LogP contribution in [0, 0.1) is 5.82 Å². The molecule has 0 unspecified atom stereocenters. The molecule has 1 saturated heterocycles. The number of imide groups is 1. The fourth-order valence-corrected chi connectivity index (χ4v) is 4.41. The third-order valence-electron chi connectivity index (χ3n) is 4.49. The molecular formula is C23H14BrClFNO3S. The molecule has 3 aromatic carbocycles. The van der Waals surface area contributed by atoms with Crippen molar-refractivity contribution in [2.45, 2.75) is 6.61 Å². The number of halogens is 3. The van der Waals surface area contributed by atoms with Crippen LogP contribution in [0.4, 0.5) is 14.9 Å². The highest BCUT2D eigenvalue weighted by Crippen LogP contribution is 2.39. The van der Waals surface area contributed by atoms with Gasteiger partial charge in [0.2, 0.25) is 0 Å². The van der Waals surface area contributed by atoms with Gasteiger partial charge in [-0.2, -0.15) is 0 Å². The maximum absolute atomic E-state index is 13.9. The van der Waals surface area contributed by atoms with E-state index >= 15 is 0 Å². The number of carbonyl (C=O) groups is 2. The van der Waals surface area contributed by atoms with Crippen LogP contribution < -0.4 is 9.64 Å². The Kier molecular flexibility index (Phi) is 6.46. The van der Waals surface area contributed by atoms with Crippen molar-refractivity contribution in [2.24, 2.45) is 0 Å². The second kappa shape index (κ2) is 9.26. The van der Waals surface area contributed by atoms with Crippen LogP contribution in [0.1, 0.15) is 11.1 Å². The van der Waals surface area contributed by atoms with Crippen LogP contribution in [-0.4, -0.2) is 11.1 Å². The molecule has 31 heavy (non-hydrogen) atoms. The van der Waals surface area contributed by atoms with E-state index in [4.69, 9.17) is 16.3 Å². The number of anilines is 1. The van der Waals surface area contributed by atoms with Gasteiger partial charge in [-0.1, -0.05) is 57.9 Å². The number of amides is 2. The van der Waals surface area contributed by atoms with Crippen LogP contribution >= 0.6 is 39.3 Å². The number of carbonyl (C=O) groups excluding carboxylic acids is 2. The molecule has 1 fully saturated rings. The minimum Gasteiger partial charge on any atom is -0.488 e. The van der Waals surface area contributed by atoms with E-state index in [0.29, 0.717) is 27.6 Å². The Balaban J connectivity index is 1.63. The third kappa shape index (κ3) is 4.69. The second-order valence-corrected chi connectivity index (χ2v) is 8.85. The van der Waals surface area contributed by atoms with Gasteiger partial charge in [0.1, 0.15) is 18.2 Å². The van der Waals surface area contributed by atoms with E-state index in [1.54, 1.807) is 66.7 Å². The van der Waals surface area contributed by atoms with Gasteiger partial charge in [-0.05, 0) is 54.2 Å². The minimum atomic E-state index is -0.469. The van der Waals surface area contributed by atoms with Gasteiger partial charge in [-0.15, -0.1) is 0 Å². The first-order valence-electron chi connectivity index (χ1n) is 9.12. The average Bonchev–Trinajstić information content (AvgIpc) is 3.02. The molecule has 0 atom stereocenters. The SMILES string of the molecule is O=C1S/C(=C\c2cc(Br)ccc2OCc2ccccc2F)C(=O)N1c1ccccc1Cl. The largest absolute Gasteiger partial charge is 0.488 e. The number of hydrogen-bond donors (Lipinski definition) is 0. The van der Waals surface area contributed by atoms with Crippen LogP contribution in [0.5, 0.6) is 5.75 Å². The summed E-state index contributed by atoms with van der Waals surface area (Å²) >= 11 is 10.4. The third-order valence-corrected chi connectivity index (χ3v) is 6.17. The summed E-state index contributed by atoms with van der Waals surface area (Å²) in [6.45, 7) is 0.0241. The molecule has 2 amide bonds.